The summed E-state index contributed by atoms with van der Waals surface area (Å²) in [4.78, 5) is 12.5. The fourth-order valence-corrected chi connectivity index (χ4v) is 3.27. The van der Waals surface area contributed by atoms with Gasteiger partial charge in [0.2, 0.25) is 5.88 Å². The van der Waals surface area contributed by atoms with E-state index >= 15 is 0 Å². The predicted molar refractivity (Wildman–Crippen MR) is 95.0 cm³/mol. The molecule has 150 valence electrons. The van der Waals surface area contributed by atoms with Crippen LogP contribution in [0.1, 0.15) is 36.8 Å². The molecule has 2 heterocycles. The molecule has 9 heteroatoms. The Hall–Kier alpha value is -2.84. The van der Waals surface area contributed by atoms with Crippen molar-refractivity contribution in [2.75, 3.05) is 11.4 Å². The quantitative estimate of drug-likeness (QED) is 0.766. The lowest BCUT2D eigenvalue weighted by Crippen LogP contribution is -2.31. The number of carboxylic acid groups (broad SMARTS) is 1. The fraction of sp³-hybridized carbons (Fsp3) is 0.421. The number of rotatable bonds is 7. The van der Waals surface area contributed by atoms with Gasteiger partial charge in [0.15, 0.2) is 5.82 Å². The van der Waals surface area contributed by atoms with Crippen LogP contribution >= 0.6 is 0 Å². The van der Waals surface area contributed by atoms with Gasteiger partial charge in [-0.15, -0.1) is 10.2 Å². The second-order valence-electron chi connectivity index (χ2n) is 6.62. The van der Waals surface area contributed by atoms with Crippen molar-refractivity contribution in [3.8, 4) is 5.88 Å². The minimum absolute atomic E-state index is 0.0427. The third-order valence-electron chi connectivity index (χ3n) is 4.63. The topological polar surface area (TPSA) is 75.5 Å². The number of hydrogen-bond donors (Lipinski definition) is 1. The van der Waals surface area contributed by atoms with Gasteiger partial charge in [0.05, 0.1) is 0 Å². The zero-order chi connectivity index (χ0) is 20.1. The maximum absolute atomic E-state index is 13.5. The van der Waals surface area contributed by atoms with Gasteiger partial charge in [-0.3, -0.25) is 4.79 Å². The van der Waals surface area contributed by atoms with E-state index in [1.165, 1.54) is 0 Å². The Balaban J connectivity index is 1.81. The molecule has 1 atom stereocenters. The van der Waals surface area contributed by atoms with Crippen LogP contribution in [0.2, 0.25) is 0 Å². The first kappa shape index (κ1) is 19.9. The van der Waals surface area contributed by atoms with E-state index in [4.69, 9.17) is 9.84 Å². The molecule has 2 aromatic rings. The van der Waals surface area contributed by atoms with Crippen LogP contribution in [-0.2, 0) is 17.6 Å². The molecular weight excluding hydrogens is 375 g/mol. The highest BCUT2D eigenvalue weighted by Gasteiger charge is 2.38. The van der Waals surface area contributed by atoms with Crippen molar-refractivity contribution in [2.24, 2.45) is 0 Å². The highest BCUT2D eigenvalue weighted by atomic mass is 19.4. The Morgan fingerprint density at radius 3 is 2.68 bits per heavy atom. The SMILES string of the molecule is O=C(O)CC[C@H]1CCCN1c1cc(C(F)(F)F)c(OCc2ccccc2)nn1. The van der Waals surface area contributed by atoms with E-state index in [2.05, 4.69) is 10.2 Å². The standard InChI is InChI=1S/C19H20F3N3O3/c20-19(21,22)15-11-16(25-10-4-7-14(25)8-9-17(26)27)23-24-18(15)28-12-13-5-2-1-3-6-13/h1-3,5-6,11,14H,4,7-10,12H2,(H,26,27)/t14-/m1/s1. The number of alkyl halides is 3. The van der Waals surface area contributed by atoms with Crippen molar-refractivity contribution in [2.45, 2.75) is 44.5 Å². The van der Waals surface area contributed by atoms with E-state index in [-0.39, 0.29) is 24.9 Å². The van der Waals surface area contributed by atoms with E-state index in [0.29, 0.717) is 19.4 Å². The van der Waals surface area contributed by atoms with E-state index in [0.717, 1.165) is 18.1 Å². The lowest BCUT2D eigenvalue weighted by Gasteiger charge is -2.25. The molecule has 3 rings (SSSR count). The molecule has 0 spiro atoms. The smallest absolute Gasteiger partial charge is 0.421 e. The van der Waals surface area contributed by atoms with Crippen molar-refractivity contribution in [1.82, 2.24) is 10.2 Å². The summed E-state index contributed by atoms with van der Waals surface area (Å²) in [6.07, 6.45) is -2.86. The first-order valence-electron chi connectivity index (χ1n) is 8.94. The molecule has 1 aromatic heterocycles. The first-order chi connectivity index (χ1) is 13.3. The molecule has 0 saturated carbocycles. The highest BCUT2D eigenvalue weighted by molar-refractivity contribution is 5.66. The Morgan fingerprint density at radius 2 is 2.00 bits per heavy atom. The van der Waals surface area contributed by atoms with Crippen molar-refractivity contribution in [3.63, 3.8) is 0 Å². The van der Waals surface area contributed by atoms with Gasteiger partial charge >= 0.3 is 12.1 Å². The summed E-state index contributed by atoms with van der Waals surface area (Å²) in [6, 6.07) is 9.59. The zero-order valence-electron chi connectivity index (χ0n) is 15.0. The summed E-state index contributed by atoms with van der Waals surface area (Å²) < 4.78 is 45.9. The van der Waals surface area contributed by atoms with Crippen molar-refractivity contribution < 1.29 is 27.8 Å². The molecule has 1 aromatic carbocycles. The van der Waals surface area contributed by atoms with Crippen LogP contribution in [0.15, 0.2) is 36.4 Å². The molecule has 28 heavy (non-hydrogen) atoms. The van der Waals surface area contributed by atoms with Crippen LogP contribution in [-0.4, -0.2) is 33.9 Å². The molecular formula is C19H20F3N3O3. The van der Waals surface area contributed by atoms with Crippen molar-refractivity contribution in [3.05, 3.63) is 47.5 Å². The second-order valence-corrected chi connectivity index (χ2v) is 6.62. The number of benzene rings is 1. The fourth-order valence-electron chi connectivity index (χ4n) is 3.27. The Morgan fingerprint density at radius 1 is 1.25 bits per heavy atom. The summed E-state index contributed by atoms with van der Waals surface area (Å²) >= 11 is 0. The van der Waals surface area contributed by atoms with Crippen LogP contribution in [0.5, 0.6) is 5.88 Å². The van der Waals surface area contributed by atoms with Gasteiger partial charge in [-0.05, 0) is 24.8 Å². The average molecular weight is 395 g/mol. The molecule has 1 fully saturated rings. The Bertz CT molecular complexity index is 815. The molecule has 6 nitrogen and oxygen atoms in total. The largest absolute Gasteiger partial charge is 0.481 e. The molecule has 1 N–H and O–H groups in total. The van der Waals surface area contributed by atoms with Gasteiger partial charge < -0.3 is 14.7 Å². The molecule has 1 aliphatic rings. The van der Waals surface area contributed by atoms with Crippen LogP contribution < -0.4 is 9.64 Å². The number of halogens is 3. The number of carboxylic acids is 1. The van der Waals surface area contributed by atoms with Crippen LogP contribution in [0, 0.1) is 0 Å². The summed E-state index contributed by atoms with van der Waals surface area (Å²) in [5.74, 6) is -1.41. The maximum Gasteiger partial charge on any atom is 0.421 e. The van der Waals surface area contributed by atoms with Gasteiger partial charge in [0.25, 0.3) is 0 Å². The molecule has 0 unspecified atom stereocenters. The second kappa shape index (κ2) is 8.45. The van der Waals surface area contributed by atoms with Crippen LogP contribution in [0.4, 0.5) is 19.0 Å². The minimum Gasteiger partial charge on any atom is -0.481 e. The molecule has 0 aliphatic carbocycles. The summed E-state index contributed by atoms with van der Waals surface area (Å²) in [7, 11) is 0. The number of aliphatic carboxylic acids is 1. The average Bonchev–Trinajstić information content (AvgIpc) is 3.13. The molecule has 1 saturated heterocycles. The van der Waals surface area contributed by atoms with Gasteiger partial charge in [-0.25, -0.2) is 0 Å². The predicted octanol–water partition coefficient (Wildman–Crippen LogP) is 3.91. The zero-order valence-corrected chi connectivity index (χ0v) is 15.0. The summed E-state index contributed by atoms with van der Waals surface area (Å²) in [5.41, 5.74) is -0.271. The molecule has 1 aliphatic heterocycles. The van der Waals surface area contributed by atoms with Crippen LogP contribution in [0.3, 0.4) is 0 Å². The van der Waals surface area contributed by atoms with Gasteiger partial charge in [-0.1, -0.05) is 30.3 Å². The first-order valence-corrected chi connectivity index (χ1v) is 8.94. The van der Waals surface area contributed by atoms with E-state index in [1.54, 1.807) is 35.2 Å². The summed E-state index contributed by atoms with van der Waals surface area (Å²) in [5, 5.41) is 16.5. The third-order valence-corrected chi connectivity index (χ3v) is 4.63. The van der Waals surface area contributed by atoms with E-state index < -0.39 is 23.6 Å². The monoisotopic (exact) mass is 395 g/mol. The molecule has 0 amide bonds. The van der Waals surface area contributed by atoms with Crippen molar-refractivity contribution in [1.29, 1.82) is 0 Å². The van der Waals surface area contributed by atoms with Gasteiger partial charge in [0.1, 0.15) is 12.2 Å². The number of aromatic nitrogens is 2. The maximum atomic E-state index is 13.5. The third kappa shape index (κ3) is 4.90. The normalized spacial score (nSPS) is 17.0. The number of nitrogens with zero attached hydrogens (tertiary/aromatic N) is 3. The van der Waals surface area contributed by atoms with Crippen molar-refractivity contribution >= 4 is 11.8 Å². The number of hydrogen-bond acceptors (Lipinski definition) is 5. The number of carbonyl (C=O) groups is 1. The van der Waals surface area contributed by atoms with Gasteiger partial charge in [0, 0.05) is 25.1 Å². The van der Waals surface area contributed by atoms with E-state index in [9.17, 15) is 18.0 Å². The highest BCUT2D eigenvalue weighted by Crippen LogP contribution is 2.38. The molecule has 0 radical (unpaired) electrons. The van der Waals surface area contributed by atoms with E-state index in [1.807, 2.05) is 0 Å². The Labute approximate surface area is 160 Å². The number of ether oxygens (including phenoxy) is 1. The van der Waals surface area contributed by atoms with Gasteiger partial charge in [-0.2, -0.15) is 13.2 Å². The summed E-state index contributed by atoms with van der Waals surface area (Å²) in [6.45, 7) is 0.462. The lowest BCUT2D eigenvalue weighted by atomic mass is 10.1. The minimum atomic E-state index is -4.65. The molecule has 0 bridgehead atoms. The van der Waals surface area contributed by atoms with Crippen LogP contribution in [0.25, 0.3) is 0 Å². The number of anilines is 1. The Kier molecular flexibility index (Phi) is 6.01. The lowest BCUT2D eigenvalue weighted by molar-refractivity contribution is -0.139.